The number of aliphatic hydroxyl groups is 2. The van der Waals surface area contributed by atoms with Crippen LogP contribution in [0.1, 0.15) is 10.4 Å². The Hall–Kier alpha value is -2.77. The van der Waals surface area contributed by atoms with Gasteiger partial charge in [-0.15, -0.1) is 0 Å². The lowest BCUT2D eigenvalue weighted by molar-refractivity contribution is -0.384. The Morgan fingerprint density at radius 2 is 1.85 bits per heavy atom. The Balaban J connectivity index is 2.00. The van der Waals surface area contributed by atoms with E-state index in [0.29, 0.717) is 0 Å². The van der Waals surface area contributed by atoms with Crippen molar-refractivity contribution in [3.8, 4) is 0 Å². The fourth-order valence-corrected chi connectivity index (χ4v) is 2.26. The number of nitro benzene ring substituents is 1. The van der Waals surface area contributed by atoms with Gasteiger partial charge in [0.05, 0.1) is 16.5 Å². The first-order valence-electron chi connectivity index (χ1n) is 7.31. The van der Waals surface area contributed by atoms with Crippen LogP contribution < -0.4 is 5.32 Å². The van der Waals surface area contributed by atoms with Crippen molar-refractivity contribution in [2.75, 3.05) is 6.61 Å². The van der Waals surface area contributed by atoms with Gasteiger partial charge in [0.15, 0.2) is 6.29 Å². The molecule has 2 rings (SSSR count). The number of carbonyl (C=O) groups excluding carboxylic acids is 2. The zero-order chi connectivity index (χ0) is 20.4. The van der Waals surface area contributed by atoms with Gasteiger partial charge in [0.25, 0.3) is 5.69 Å². The van der Waals surface area contributed by atoms with Crippen molar-refractivity contribution in [2.45, 2.75) is 30.7 Å². The van der Waals surface area contributed by atoms with Crippen molar-refractivity contribution in [3.63, 3.8) is 0 Å². The van der Waals surface area contributed by atoms with Crippen molar-refractivity contribution in [1.29, 1.82) is 0 Å². The number of esters is 1. The summed E-state index contributed by atoms with van der Waals surface area (Å²) >= 11 is 0. The normalized spacial score (nSPS) is 25.1. The van der Waals surface area contributed by atoms with Crippen LogP contribution in [0.4, 0.5) is 18.9 Å². The molecule has 1 aliphatic heterocycles. The third kappa shape index (κ3) is 4.90. The molecule has 148 valence electrons. The first-order valence-corrected chi connectivity index (χ1v) is 7.31. The second kappa shape index (κ2) is 7.85. The van der Waals surface area contributed by atoms with E-state index in [1.807, 2.05) is 0 Å². The lowest BCUT2D eigenvalue weighted by Gasteiger charge is -2.21. The molecule has 10 nitrogen and oxygen atoms in total. The fourth-order valence-electron chi connectivity index (χ4n) is 2.26. The topological polar surface area (TPSA) is 148 Å². The molecule has 0 spiro atoms. The highest BCUT2D eigenvalue weighted by Gasteiger charge is 2.48. The maximum absolute atomic E-state index is 12.3. The summed E-state index contributed by atoms with van der Waals surface area (Å²) in [6, 6.07) is 2.61. The van der Waals surface area contributed by atoms with Crippen LogP contribution in [0, 0.1) is 10.1 Å². The van der Waals surface area contributed by atoms with Crippen LogP contribution >= 0.6 is 0 Å². The molecule has 0 bridgehead atoms. The summed E-state index contributed by atoms with van der Waals surface area (Å²) in [4.78, 5) is 32.8. The number of ether oxygens (including phenoxy) is 2. The summed E-state index contributed by atoms with van der Waals surface area (Å²) in [5.41, 5.74) is -0.359. The highest BCUT2D eigenvalue weighted by Crippen LogP contribution is 2.23. The largest absolute Gasteiger partial charge is 0.471 e. The van der Waals surface area contributed by atoms with Crippen molar-refractivity contribution >= 4 is 17.6 Å². The lowest BCUT2D eigenvalue weighted by atomic mass is 10.1. The van der Waals surface area contributed by atoms with Gasteiger partial charge in [0.1, 0.15) is 18.8 Å². The molecule has 1 amide bonds. The van der Waals surface area contributed by atoms with E-state index in [0.717, 1.165) is 24.3 Å². The van der Waals surface area contributed by atoms with Crippen LogP contribution in [0.3, 0.4) is 0 Å². The molecule has 13 heteroatoms. The molecule has 1 aromatic rings. The van der Waals surface area contributed by atoms with Crippen molar-refractivity contribution < 1.29 is 47.4 Å². The van der Waals surface area contributed by atoms with Gasteiger partial charge in [-0.1, -0.05) is 0 Å². The quantitative estimate of drug-likeness (QED) is 0.356. The van der Waals surface area contributed by atoms with Crippen LogP contribution in [0.15, 0.2) is 24.3 Å². The number of non-ortho nitro benzene ring substituents is 1. The molecule has 4 atom stereocenters. The zero-order valence-electron chi connectivity index (χ0n) is 13.3. The zero-order valence-corrected chi connectivity index (χ0v) is 13.3. The van der Waals surface area contributed by atoms with Crippen LogP contribution in [-0.4, -0.2) is 64.3 Å². The van der Waals surface area contributed by atoms with Crippen molar-refractivity contribution in [2.24, 2.45) is 0 Å². The number of amides is 1. The maximum atomic E-state index is 12.3. The highest BCUT2D eigenvalue weighted by atomic mass is 19.4. The highest BCUT2D eigenvalue weighted by molar-refractivity contribution is 5.89. The summed E-state index contributed by atoms with van der Waals surface area (Å²) in [6.07, 6.45) is -10.5. The van der Waals surface area contributed by atoms with Crippen LogP contribution in [0.5, 0.6) is 0 Å². The van der Waals surface area contributed by atoms with E-state index in [1.54, 1.807) is 0 Å². The molecule has 0 radical (unpaired) electrons. The lowest BCUT2D eigenvalue weighted by Crippen LogP contribution is -2.52. The number of nitrogens with one attached hydrogen (secondary N) is 1. The van der Waals surface area contributed by atoms with E-state index in [9.17, 15) is 43.1 Å². The summed E-state index contributed by atoms with van der Waals surface area (Å²) in [6.45, 7) is -0.702. The SMILES string of the molecule is O=C(OC[C@H]1O[C@@H](O)[C@H](O)[C@@H]1NC(=O)C(F)(F)F)c1ccc([N+](=O)[O-])cc1. The third-order valence-corrected chi connectivity index (χ3v) is 3.62. The Morgan fingerprint density at radius 1 is 1.26 bits per heavy atom. The summed E-state index contributed by atoms with van der Waals surface area (Å²) in [5, 5.41) is 31.1. The number of rotatable bonds is 5. The van der Waals surface area contributed by atoms with Gasteiger partial charge in [-0.05, 0) is 12.1 Å². The number of benzene rings is 1. The summed E-state index contributed by atoms with van der Waals surface area (Å²) in [7, 11) is 0. The Bertz CT molecular complexity index is 724. The predicted octanol–water partition coefficient (Wildman–Crippen LogP) is -0.123. The molecule has 1 aromatic carbocycles. The number of alkyl halides is 3. The minimum absolute atomic E-state index is 0.0874. The summed E-state index contributed by atoms with van der Waals surface area (Å²) in [5.74, 6) is -3.35. The second-order valence-electron chi connectivity index (χ2n) is 5.46. The van der Waals surface area contributed by atoms with Gasteiger partial charge in [-0.3, -0.25) is 14.9 Å². The number of nitro groups is 1. The summed E-state index contributed by atoms with van der Waals surface area (Å²) < 4.78 is 46.7. The smallest absolute Gasteiger partial charge is 0.459 e. The standard InChI is InChI=1S/C14H13F3N2O8/c15-14(16,17)13(23)18-9-8(27-12(22)10(9)20)5-26-11(21)6-1-3-7(4-2-6)19(24)25/h1-4,8-10,12,20,22H,5H2,(H,18,23)/t8-,9-,10-,12-/m1/s1. The molecular weight excluding hydrogens is 381 g/mol. The second-order valence-corrected chi connectivity index (χ2v) is 5.46. The van der Waals surface area contributed by atoms with Crippen molar-refractivity contribution in [3.05, 3.63) is 39.9 Å². The van der Waals surface area contributed by atoms with Gasteiger partial charge in [0, 0.05) is 12.1 Å². The molecule has 0 aromatic heterocycles. The van der Waals surface area contributed by atoms with Crippen LogP contribution in [-0.2, 0) is 14.3 Å². The van der Waals surface area contributed by atoms with E-state index in [4.69, 9.17) is 9.47 Å². The molecular formula is C14H13F3N2O8. The number of aliphatic hydroxyl groups excluding tert-OH is 2. The third-order valence-electron chi connectivity index (χ3n) is 3.62. The minimum atomic E-state index is -5.23. The monoisotopic (exact) mass is 394 g/mol. The maximum Gasteiger partial charge on any atom is 0.471 e. The van der Waals surface area contributed by atoms with Crippen molar-refractivity contribution in [1.82, 2.24) is 5.32 Å². The van der Waals surface area contributed by atoms with E-state index in [1.165, 1.54) is 5.32 Å². The molecule has 27 heavy (non-hydrogen) atoms. The van der Waals surface area contributed by atoms with E-state index in [2.05, 4.69) is 0 Å². The van der Waals surface area contributed by atoms with Gasteiger partial charge in [-0.25, -0.2) is 4.79 Å². The van der Waals surface area contributed by atoms with E-state index < -0.39 is 54.1 Å². The molecule has 1 heterocycles. The molecule has 0 saturated carbocycles. The average Bonchev–Trinajstić information content (AvgIpc) is 2.86. The number of nitrogens with zero attached hydrogens (tertiary/aromatic N) is 1. The predicted molar refractivity (Wildman–Crippen MR) is 78.3 cm³/mol. The van der Waals surface area contributed by atoms with E-state index >= 15 is 0 Å². The molecule has 0 aliphatic carbocycles. The molecule has 1 saturated heterocycles. The molecule has 1 fully saturated rings. The molecule has 1 aliphatic rings. The Kier molecular flexibility index (Phi) is 5.98. The average molecular weight is 394 g/mol. The fraction of sp³-hybridized carbons (Fsp3) is 0.429. The number of carbonyl (C=O) groups is 2. The van der Waals surface area contributed by atoms with E-state index in [-0.39, 0.29) is 11.3 Å². The van der Waals surface area contributed by atoms with Gasteiger partial charge >= 0.3 is 18.1 Å². The number of halogens is 3. The minimum Gasteiger partial charge on any atom is -0.459 e. The van der Waals surface area contributed by atoms with Gasteiger partial charge < -0.3 is 25.0 Å². The number of hydrogen-bond donors (Lipinski definition) is 3. The first-order chi connectivity index (χ1) is 12.5. The Labute approximate surface area is 148 Å². The molecule has 3 N–H and O–H groups in total. The van der Waals surface area contributed by atoms with Gasteiger partial charge in [-0.2, -0.15) is 13.2 Å². The number of hydrogen-bond acceptors (Lipinski definition) is 8. The van der Waals surface area contributed by atoms with Gasteiger partial charge in [0.2, 0.25) is 0 Å². The molecule has 0 unspecified atom stereocenters. The Morgan fingerprint density at radius 3 is 2.37 bits per heavy atom. The van der Waals surface area contributed by atoms with Crippen LogP contribution in [0.2, 0.25) is 0 Å². The van der Waals surface area contributed by atoms with Crippen LogP contribution in [0.25, 0.3) is 0 Å². The first kappa shape index (κ1) is 20.5.